The van der Waals surface area contributed by atoms with E-state index in [1.165, 1.54) is 0 Å². The number of hydrogen-bond acceptors (Lipinski definition) is 5. The molecule has 0 fully saturated rings. The lowest BCUT2D eigenvalue weighted by atomic mass is 9.94. The van der Waals surface area contributed by atoms with Crippen molar-refractivity contribution in [3.05, 3.63) is 131 Å². The number of aliphatic hydroxyl groups excluding tert-OH is 1. The second-order valence-corrected chi connectivity index (χ2v) is 16.7. The summed E-state index contributed by atoms with van der Waals surface area (Å²) >= 11 is 12.7. The lowest BCUT2D eigenvalue weighted by molar-refractivity contribution is 0.392. The summed E-state index contributed by atoms with van der Waals surface area (Å²) in [5.74, 6) is 0.847. The van der Waals surface area contributed by atoms with Gasteiger partial charge in [-0.15, -0.1) is 0 Å². The van der Waals surface area contributed by atoms with Gasteiger partial charge in [0.15, 0.2) is 0 Å². The molecule has 0 amide bonds. The number of anilines is 1. The van der Waals surface area contributed by atoms with Gasteiger partial charge in [-0.2, -0.15) is 8.42 Å². The SMILES string of the molecule is CC(C)(C)CCS(=O)c1cccc(-c2ccc(Cc3nc(-c4ccc(Cl)cc4Cl)cn3-c3cccc(N4C=C(O)NS4(=O)=O)c3)cc2)c1. The van der Waals surface area contributed by atoms with E-state index in [1.807, 2.05) is 71.4 Å². The van der Waals surface area contributed by atoms with Crippen LogP contribution in [0.5, 0.6) is 0 Å². The third-order valence-electron chi connectivity index (χ3n) is 7.86. The van der Waals surface area contributed by atoms with Crippen LogP contribution in [0.25, 0.3) is 28.1 Å². The van der Waals surface area contributed by atoms with E-state index in [-0.39, 0.29) is 5.41 Å². The zero-order valence-electron chi connectivity index (χ0n) is 26.5. The summed E-state index contributed by atoms with van der Waals surface area (Å²) < 4.78 is 43.1. The van der Waals surface area contributed by atoms with Crippen molar-refractivity contribution in [1.29, 1.82) is 0 Å². The van der Waals surface area contributed by atoms with Gasteiger partial charge in [0, 0.05) is 39.5 Å². The number of aromatic nitrogens is 2. The minimum Gasteiger partial charge on any atom is -0.493 e. The molecule has 0 aliphatic carbocycles. The molecule has 48 heavy (non-hydrogen) atoms. The minimum atomic E-state index is -3.97. The predicted molar refractivity (Wildman–Crippen MR) is 194 cm³/mol. The fraction of sp³-hybridized carbons (Fsp3) is 0.194. The Morgan fingerprint density at radius 2 is 1.62 bits per heavy atom. The van der Waals surface area contributed by atoms with E-state index < -0.39 is 26.9 Å². The van der Waals surface area contributed by atoms with E-state index in [2.05, 4.69) is 25.5 Å². The first-order valence-corrected chi connectivity index (χ1v) is 18.7. The predicted octanol–water partition coefficient (Wildman–Crippen LogP) is 8.66. The molecule has 6 rings (SSSR count). The second-order valence-electron chi connectivity index (χ2n) is 12.7. The van der Waals surface area contributed by atoms with E-state index in [0.717, 1.165) is 38.5 Å². The Bertz CT molecular complexity index is 2160. The number of benzene rings is 4. The molecule has 1 aliphatic heterocycles. The molecule has 248 valence electrons. The van der Waals surface area contributed by atoms with Crippen LogP contribution in [-0.2, 0) is 27.4 Å². The normalized spacial score (nSPS) is 14.9. The van der Waals surface area contributed by atoms with Gasteiger partial charge in [0.2, 0.25) is 5.88 Å². The van der Waals surface area contributed by atoms with Crippen molar-refractivity contribution in [2.45, 2.75) is 38.5 Å². The van der Waals surface area contributed by atoms with Crippen molar-refractivity contribution in [1.82, 2.24) is 14.3 Å². The van der Waals surface area contributed by atoms with Gasteiger partial charge in [0.1, 0.15) is 5.82 Å². The number of nitrogens with one attached hydrogen (secondary N) is 1. The standard InChI is InChI=1S/C36H34Cl2N4O4S2/c1-36(2,3)16-17-47(44)30-9-4-6-26(19-30)25-12-10-24(11-13-25)18-34-39-33(31-15-14-27(37)20-32(31)38)22-41(34)28-7-5-8-29(21-28)42-23-35(43)40-48(42,45)46/h4-15,19-23,40,43H,16-18H2,1-3H3. The molecule has 8 nitrogen and oxygen atoms in total. The smallest absolute Gasteiger partial charge is 0.330 e. The maximum Gasteiger partial charge on any atom is 0.330 e. The van der Waals surface area contributed by atoms with Gasteiger partial charge in [-0.1, -0.05) is 86.4 Å². The molecular weight excluding hydrogens is 687 g/mol. The highest BCUT2D eigenvalue weighted by molar-refractivity contribution is 7.91. The van der Waals surface area contributed by atoms with Crippen LogP contribution in [0.15, 0.2) is 114 Å². The summed E-state index contributed by atoms with van der Waals surface area (Å²) in [6.07, 6.45) is 4.30. The zero-order chi connectivity index (χ0) is 34.2. The number of imidazole rings is 1. The molecular formula is C36H34Cl2N4O4S2. The Kier molecular flexibility index (Phi) is 9.46. The third-order valence-corrected chi connectivity index (χ3v) is 11.1. The Morgan fingerprint density at radius 3 is 2.31 bits per heavy atom. The third kappa shape index (κ3) is 7.63. The van der Waals surface area contributed by atoms with E-state index in [4.69, 9.17) is 28.2 Å². The van der Waals surface area contributed by atoms with Crippen molar-refractivity contribution < 1.29 is 17.7 Å². The number of rotatable bonds is 9. The number of halogens is 2. The van der Waals surface area contributed by atoms with Gasteiger partial charge in [-0.3, -0.25) is 4.21 Å². The molecule has 2 heterocycles. The number of aliphatic hydroxyl groups is 1. The molecule has 5 aromatic rings. The number of nitrogens with zero attached hydrogens (tertiary/aromatic N) is 3. The fourth-order valence-corrected chi connectivity index (χ4v) is 8.38. The molecule has 0 bridgehead atoms. The quantitative estimate of drug-likeness (QED) is 0.159. The van der Waals surface area contributed by atoms with Gasteiger partial charge in [-0.05, 0) is 77.1 Å². The Balaban J connectivity index is 1.32. The molecule has 0 saturated carbocycles. The van der Waals surface area contributed by atoms with Crippen LogP contribution in [0.1, 0.15) is 38.6 Å². The van der Waals surface area contributed by atoms with Gasteiger partial charge >= 0.3 is 10.2 Å². The van der Waals surface area contributed by atoms with E-state index >= 15 is 0 Å². The van der Waals surface area contributed by atoms with Crippen molar-refractivity contribution in [2.75, 3.05) is 10.1 Å². The van der Waals surface area contributed by atoms with Crippen LogP contribution >= 0.6 is 23.2 Å². The Hall–Kier alpha value is -4.09. The van der Waals surface area contributed by atoms with Crippen LogP contribution in [-0.4, -0.2) is 33.0 Å². The highest BCUT2D eigenvalue weighted by Crippen LogP contribution is 2.33. The minimum absolute atomic E-state index is 0.121. The first kappa shape index (κ1) is 33.8. The highest BCUT2D eigenvalue weighted by Gasteiger charge is 2.29. The molecule has 4 aromatic carbocycles. The maximum atomic E-state index is 13.0. The molecule has 1 unspecified atom stereocenters. The fourth-order valence-electron chi connectivity index (χ4n) is 5.31. The monoisotopic (exact) mass is 720 g/mol. The Morgan fingerprint density at radius 1 is 0.896 bits per heavy atom. The molecule has 0 radical (unpaired) electrons. The van der Waals surface area contributed by atoms with Crippen LogP contribution in [0.2, 0.25) is 10.0 Å². The first-order chi connectivity index (χ1) is 22.8. The molecule has 1 aliphatic rings. The van der Waals surface area contributed by atoms with Gasteiger partial charge in [0.25, 0.3) is 0 Å². The maximum absolute atomic E-state index is 13.0. The largest absolute Gasteiger partial charge is 0.493 e. The Labute approximate surface area is 293 Å². The van der Waals surface area contributed by atoms with Gasteiger partial charge < -0.3 is 9.67 Å². The van der Waals surface area contributed by atoms with Crippen LogP contribution in [0, 0.1) is 5.41 Å². The molecule has 0 spiro atoms. The topological polar surface area (TPSA) is 105 Å². The van der Waals surface area contributed by atoms with Crippen molar-refractivity contribution in [3.8, 4) is 28.1 Å². The van der Waals surface area contributed by atoms with E-state index in [1.54, 1.807) is 30.3 Å². The average molecular weight is 722 g/mol. The molecule has 2 N–H and O–H groups in total. The summed E-state index contributed by atoms with van der Waals surface area (Å²) in [6, 6.07) is 28.2. The van der Waals surface area contributed by atoms with Crippen LogP contribution in [0.3, 0.4) is 0 Å². The van der Waals surface area contributed by atoms with E-state index in [0.29, 0.717) is 50.7 Å². The van der Waals surface area contributed by atoms with Gasteiger partial charge in [0.05, 0.1) is 33.4 Å². The lowest BCUT2D eigenvalue weighted by Gasteiger charge is -2.17. The summed E-state index contributed by atoms with van der Waals surface area (Å²) in [5.41, 5.74) is 5.44. The molecule has 1 atom stereocenters. The van der Waals surface area contributed by atoms with Gasteiger partial charge in [-0.25, -0.2) is 14.0 Å². The van der Waals surface area contributed by atoms with Crippen LogP contribution < -0.4 is 9.03 Å². The molecule has 12 heteroatoms. The lowest BCUT2D eigenvalue weighted by Crippen LogP contribution is -2.29. The second kappa shape index (κ2) is 13.4. The van der Waals surface area contributed by atoms with Crippen molar-refractivity contribution in [2.24, 2.45) is 5.41 Å². The zero-order valence-corrected chi connectivity index (χ0v) is 29.7. The summed E-state index contributed by atoms with van der Waals surface area (Å²) in [5, 5.41) is 10.8. The van der Waals surface area contributed by atoms with Crippen molar-refractivity contribution >= 4 is 49.9 Å². The molecule has 0 saturated heterocycles. The first-order valence-electron chi connectivity index (χ1n) is 15.2. The van der Waals surface area contributed by atoms with Crippen molar-refractivity contribution in [3.63, 3.8) is 0 Å². The molecule has 1 aromatic heterocycles. The average Bonchev–Trinajstić information content (AvgIpc) is 3.58. The summed E-state index contributed by atoms with van der Waals surface area (Å²) in [6.45, 7) is 6.47. The van der Waals surface area contributed by atoms with E-state index in [9.17, 15) is 17.7 Å². The highest BCUT2D eigenvalue weighted by atomic mass is 35.5. The summed E-state index contributed by atoms with van der Waals surface area (Å²) in [4.78, 5) is 5.78. The summed E-state index contributed by atoms with van der Waals surface area (Å²) in [7, 11) is -5.04. The number of hydrogen-bond donors (Lipinski definition) is 2. The van der Waals surface area contributed by atoms with Crippen LogP contribution in [0.4, 0.5) is 5.69 Å².